The summed E-state index contributed by atoms with van der Waals surface area (Å²) in [5.41, 5.74) is 5.68. The van der Waals surface area contributed by atoms with Gasteiger partial charge in [0.1, 0.15) is 0 Å². The van der Waals surface area contributed by atoms with Gasteiger partial charge in [0.15, 0.2) is 0 Å². The second-order valence-corrected chi connectivity index (χ2v) is 3.12. The molecule has 0 saturated heterocycles. The van der Waals surface area contributed by atoms with Crippen molar-refractivity contribution in [1.82, 2.24) is 0 Å². The van der Waals surface area contributed by atoms with Crippen molar-refractivity contribution in [3.05, 3.63) is 0 Å². The van der Waals surface area contributed by atoms with E-state index in [1.165, 1.54) is 0 Å². The maximum Gasteiger partial charge on any atom is 0.0566 e. The molecule has 0 aliphatic heterocycles. The molecule has 0 radical (unpaired) electrons. The van der Waals surface area contributed by atoms with Gasteiger partial charge < -0.3 is 10.8 Å². The number of hydrogen-bond donors (Lipinski definition) is 2. The van der Waals surface area contributed by atoms with Crippen LogP contribution in [0.4, 0.5) is 0 Å². The van der Waals surface area contributed by atoms with Gasteiger partial charge in [0.25, 0.3) is 0 Å². The molecule has 3 N–H and O–H groups in total. The Bertz CT molecular complexity index is 94.9. The lowest BCUT2D eigenvalue weighted by Gasteiger charge is -2.28. The molecule has 2 nitrogen and oxygen atoms in total. The Hall–Kier alpha value is -0.0800. The zero-order valence-electron chi connectivity index (χ0n) is 5.88. The third-order valence-corrected chi connectivity index (χ3v) is 2.16. The molecular weight excluding hydrogens is 114 g/mol. The highest BCUT2D eigenvalue weighted by molar-refractivity contribution is 4.78. The van der Waals surface area contributed by atoms with Crippen molar-refractivity contribution in [2.75, 3.05) is 0 Å². The second-order valence-electron chi connectivity index (χ2n) is 3.12. The molecule has 1 fully saturated rings. The third kappa shape index (κ3) is 1.66. The van der Waals surface area contributed by atoms with Crippen LogP contribution in [-0.4, -0.2) is 17.3 Å². The molecule has 3 atom stereocenters. The van der Waals surface area contributed by atoms with E-state index in [0.29, 0.717) is 12.0 Å². The Labute approximate surface area is 56.1 Å². The molecule has 2 heteroatoms. The van der Waals surface area contributed by atoms with Crippen LogP contribution in [0, 0.1) is 5.92 Å². The average Bonchev–Trinajstić information content (AvgIpc) is 1.80. The molecule has 0 spiro atoms. The molecule has 0 bridgehead atoms. The van der Waals surface area contributed by atoms with Crippen molar-refractivity contribution in [2.45, 2.75) is 38.3 Å². The van der Waals surface area contributed by atoms with Crippen molar-refractivity contribution in [3.63, 3.8) is 0 Å². The third-order valence-electron chi connectivity index (χ3n) is 2.16. The van der Waals surface area contributed by atoms with Crippen molar-refractivity contribution in [1.29, 1.82) is 0 Å². The number of nitrogens with two attached hydrogens (primary N) is 1. The van der Waals surface area contributed by atoms with Gasteiger partial charge in [-0.25, -0.2) is 0 Å². The Morgan fingerprint density at radius 3 is 2.56 bits per heavy atom. The number of hydrogen-bond acceptors (Lipinski definition) is 2. The normalized spacial score (nSPS) is 45.0. The van der Waals surface area contributed by atoms with Gasteiger partial charge in [-0.15, -0.1) is 0 Å². The van der Waals surface area contributed by atoms with Crippen molar-refractivity contribution < 1.29 is 5.11 Å². The van der Waals surface area contributed by atoms with Crippen LogP contribution in [0.15, 0.2) is 0 Å². The van der Waals surface area contributed by atoms with E-state index in [-0.39, 0.29) is 6.10 Å². The Morgan fingerprint density at radius 1 is 1.44 bits per heavy atom. The van der Waals surface area contributed by atoms with Gasteiger partial charge in [0.05, 0.1) is 6.10 Å². The topological polar surface area (TPSA) is 46.2 Å². The minimum absolute atomic E-state index is 0.0928. The average molecular weight is 129 g/mol. The van der Waals surface area contributed by atoms with E-state index in [9.17, 15) is 5.11 Å². The zero-order chi connectivity index (χ0) is 6.85. The highest BCUT2D eigenvalue weighted by atomic mass is 16.3. The van der Waals surface area contributed by atoms with E-state index < -0.39 is 0 Å². The lowest BCUT2D eigenvalue weighted by molar-refractivity contribution is 0.0721. The summed E-state index contributed by atoms with van der Waals surface area (Å²) < 4.78 is 0. The van der Waals surface area contributed by atoms with Gasteiger partial charge in [0, 0.05) is 6.04 Å². The Balaban J connectivity index is 2.35. The van der Waals surface area contributed by atoms with Crippen LogP contribution in [0.1, 0.15) is 26.2 Å². The summed E-state index contributed by atoms with van der Waals surface area (Å²) in [7, 11) is 0. The van der Waals surface area contributed by atoms with Crippen molar-refractivity contribution in [3.8, 4) is 0 Å². The minimum atomic E-state index is -0.0928. The van der Waals surface area contributed by atoms with Gasteiger partial charge in [-0.1, -0.05) is 6.92 Å². The maximum atomic E-state index is 9.24. The van der Waals surface area contributed by atoms with Gasteiger partial charge in [-0.05, 0) is 25.2 Å². The maximum absolute atomic E-state index is 9.24. The quantitative estimate of drug-likeness (QED) is 0.500. The highest BCUT2D eigenvalue weighted by Crippen LogP contribution is 2.22. The van der Waals surface area contributed by atoms with E-state index in [0.717, 1.165) is 19.3 Å². The summed E-state index contributed by atoms with van der Waals surface area (Å²) >= 11 is 0. The van der Waals surface area contributed by atoms with E-state index >= 15 is 0 Å². The van der Waals surface area contributed by atoms with Crippen LogP contribution in [0.25, 0.3) is 0 Å². The molecule has 1 unspecified atom stereocenters. The monoisotopic (exact) mass is 129 g/mol. The number of aliphatic hydroxyl groups excluding tert-OH is 1. The van der Waals surface area contributed by atoms with Crippen LogP contribution in [-0.2, 0) is 0 Å². The molecule has 1 saturated carbocycles. The molecule has 0 amide bonds. The number of aliphatic hydroxyl groups is 1. The fraction of sp³-hybridized carbons (Fsp3) is 1.00. The first kappa shape index (κ1) is 7.03. The first-order chi connectivity index (χ1) is 4.20. The van der Waals surface area contributed by atoms with Crippen LogP contribution < -0.4 is 5.73 Å². The summed E-state index contributed by atoms with van der Waals surface area (Å²) in [5, 5.41) is 9.24. The molecule has 0 aromatic heterocycles. The SMILES string of the molecule is C[C@H]1CC(N)CC[C@@H]1O. The van der Waals surface area contributed by atoms with Crippen LogP contribution in [0.2, 0.25) is 0 Å². The summed E-state index contributed by atoms with van der Waals surface area (Å²) in [6.45, 7) is 2.06. The Kier molecular flexibility index (Phi) is 2.09. The lowest BCUT2D eigenvalue weighted by Crippen LogP contribution is -2.34. The first-order valence-electron chi connectivity index (χ1n) is 3.64. The smallest absolute Gasteiger partial charge is 0.0566 e. The number of rotatable bonds is 0. The van der Waals surface area contributed by atoms with E-state index in [2.05, 4.69) is 6.92 Å². The van der Waals surface area contributed by atoms with Crippen LogP contribution >= 0.6 is 0 Å². The summed E-state index contributed by atoms with van der Waals surface area (Å²) in [6, 6.07) is 0.336. The standard InChI is InChI=1S/C7H15NO/c1-5-4-6(8)2-3-7(5)9/h5-7,9H,2-4,8H2,1H3/t5-,6?,7-/m0/s1. The molecule has 9 heavy (non-hydrogen) atoms. The van der Waals surface area contributed by atoms with Crippen LogP contribution in [0.3, 0.4) is 0 Å². The predicted octanol–water partition coefficient (Wildman–Crippen LogP) is 0.495. The van der Waals surface area contributed by atoms with Crippen molar-refractivity contribution >= 4 is 0 Å². The molecule has 0 aromatic carbocycles. The fourth-order valence-electron chi connectivity index (χ4n) is 1.42. The van der Waals surface area contributed by atoms with E-state index in [1.807, 2.05) is 0 Å². The van der Waals surface area contributed by atoms with E-state index in [4.69, 9.17) is 5.73 Å². The minimum Gasteiger partial charge on any atom is -0.393 e. The van der Waals surface area contributed by atoms with Crippen molar-refractivity contribution in [2.24, 2.45) is 11.7 Å². The van der Waals surface area contributed by atoms with E-state index in [1.54, 1.807) is 0 Å². The van der Waals surface area contributed by atoms with Gasteiger partial charge in [-0.3, -0.25) is 0 Å². The first-order valence-corrected chi connectivity index (χ1v) is 3.64. The second kappa shape index (κ2) is 2.67. The largest absolute Gasteiger partial charge is 0.393 e. The summed E-state index contributed by atoms with van der Waals surface area (Å²) in [5.74, 6) is 0.411. The molecule has 1 rings (SSSR count). The molecule has 0 aromatic rings. The fourth-order valence-corrected chi connectivity index (χ4v) is 1.42. The zero-order valence-corrected chi connectivity index (χ0v) is 5.88. The molecule has 54 valence electrons. The lowest BCUT2D eigenvalue weighted by atomic mass is 9.85. The Morgan fingerprint density at radius 2 is 2.11 bits per heavy atom. The summed E-state index contributed by atoms with van der Waals surface area (Å²) in [4.78, 5) is 0. The van der Waals surface area contributed by atoms with Gasteiger partial charge in [0.2, 0.25) is 0 Å². The van der Waals surface area contributed by atoms with Gasteiger partial charge >= 0.3 is 0 Å². The van der Waals surface area contributed by atoms with Crippen LogP contribution in [0.5, 0.6) is 0 Å². The predicted molar refractivity (Wildman–Crippen MR) is 37.0 cm³/mol. The molecule has 1 aliphatic carbocycles. The highest BCUT2D eigenvalue weighted by Gasteiger charge is 2.22. The molecular formula is C7H15NO. The molecule has 1 aliphatic rings. The van der Waals surface area contributed by atoms with Gasteiger partial charge in [-0.2, -0.15) is 0 Å². The summed E-state index contributed by atoms with van der Waals surface area (Å²) in [6.07, 6.45) is 2.78. The molecule has 0 heterocycles.